The van der Waals surface area contributed by atoms with Crippen molar-refractivity contribution in [3.05, 3.63) is 0 Å². The molecule has 0 radical (unpaired) electrons. The molecule has 0 aliphatic carbocycles. The van der Waals surface area contributed by atoms with Crippen molar-refractivity contribution in [3.63, 3.8) is 0 Å². The highest BCUT2D eigenvalue weighted by molar-refractivity contribution is 7.90. The van der Waals surface area contributed by atoms with Gasteiger partial charge in [-0.05, 0) is 6.42 Å². The van der Waals surface area contributed by atoms with E-state index in [2.05, 4.69) is 0 Å². The van der Waals surface area contributed by atoms with Crippen molar-refractivity contribution in [2.75, 3.05) is 18.8 Å². The van der Waals surface area contributed by atoms with Crippen LogP contribution in [0.5, 0.6) is 0 Å². The third-order valence-electron chi connectivity index (χ3n) is 4.52. The molecule has 38 heavy (non-hydrogen) atoms. The van der Waals surface area contributed by atoms with E-state index < -0.39 is 96.7 Å². The predicted molar refractivity (Wildman–Crippen MR) is 87.9 cm³/mol. The minimum atomic E-state index is -8.94. The molecule has 0 aliphatic heterocycles. The van der Waals surface area contributed by atoms with Crippen molar-refractivity contribution in [3.8, 4) is 0 Å². The summed E-state index contributed by atoms with van der Waals surface area (Å²) in [6.45, 7) is -2.76. The normalized spacial score (nSPS) is 16.3. The standard InChI is InChI=1S/C13H12F17NO5S2/c1-2-31(4-3-5-37(32,33)34)38(35,36)13(29,30)11(24,25)9(20,21)7(16,17)6(14,15)8(18,19)10(22,23)12(26,27)28/h2-5H2,1H3,(H,32,33,34). The Balaban J connectivity index is 6.87. The first-order valence-corrected chi connectivity index (χ1v) is 11.9. The van der Waals surface area contributed by atoms with Crippen molar-refractivity contribution < 1.29 is 96.0 Å². The van der Waals surface area contributed by atoms with Crippen LogP contribution >= 0.6 is 0 Å². The molecule has 0 fully saturated rings. The Morgan fingerprint density at radius 2 is 0.895 bits per heavy atom. The number of halogens is 17. The first-order valence-electron chi connectivity index (χ1n) is 8.83. The fourth-order valence-electron chi connectivity index (χ4n) is 2.35. The first-order chi connectivity index (χ1) is 16.2. The average Bonchev–Trinajstić information content (AvgIpc) is 2.68. The number of hydrogen-bond donors (Lipinski definition) is 1. The zero-order valence-corrected chi connectivity index (χ0v) is 19.2. The minimum Gasteiger partial charge on any atom is -0.286 e. The monoisotopic (exact) mass is 649 g/mol. The van der Waals surface area contributed by atoms with Crippen molar-refractivity contribution >= 4 is 20.1 Å². The largest absolute Gasteiger partial charge is 0.460 e. The van der Waals surface area contributed by atoms with E-state index in [1.54, 1.807) is 0 Å². The van der Waals surface area contributed by atoms with E-state index in [9.17, 15) is 91.5 Å². The van der Waals surface area contributed by atoms with Crippen LogP contribution in [0.4, 0.5) is 74.6 Å². The SMILES string of the molecule is CCN(CCCS(=O)(=O)O)S(=O)(=O)C(F)(F)C(F)(F)C(F)(F)C(F)(F)C(F)(F)C(F)(F)C(F)(F)C(F)(F)F. The molecule has 0 spiro atoms. The summed E-state index contributed by atoms with van der Waals surface area (Å²) in [4.78, 5) is 0. The van der Waals surface area contributed by atoms with Crippen LogP contribution in [0.15, 0.2) is 0 Å². The van der Waals surface area contributed by atoms with Crippen molar-refractivity contribution in [1.82, 2.24) is 4.31 Å². The topological polar surface area (TPSA) is 91.8 Å². The van der Waals surface area contributed by atoms with Gasteiger partial charge in [0.05, 0.1) is 5.75 Å². The Morgan fingerprint density at radius 3 is 1.18 bits per heavy atom. The molecular formula is C13H12F17NO5S2. The lowest BCUT2D eigenvalue weighted by molar-refractivity contribution is -0.458. The predicted octanol–water partition coefficient (Wildman–Crippen LogP) is 4.88. The number of alkyl halides is 17. The van der Waals surface area contributed by atoms with Gasteiger partial charge in [0, 0.05) is 13.1 Å². The van der Waals surface area contributed by atoms with Gasteiger partial charge in [-0.25, -0.2) is 8.42 Å². The molecule has 0 atom stereocenters. The van der Waals surface area contributed by atoms with E-state index in [4.69, 9.17) is 4.55 Å². The molecule has 0 aromatic rings. The number of rotatable bonds is 13. The van der Waals surface area contributed by atoms with Crippen LogP contribution in [0.2, 0.25) is 0 Å². The minimum absolute atomic E-state index is 0.444. The van der Waals surface area contributed by atoms with E-state index in [1.807, 2.05) is 0 Å². The van der Waals surface area contributed by atoms with Gasteiger partial charge in [0.25, 0.3) is 20.1 Å². The Kier molecular flexibility index (Phi) is 9.56. The smallest absolute Gasteiger partial charge is 0.286 e. The summed E-state index contributed by atoms with van der Waals surface area (Å²) >= 11 is 0. The molecule has 0 aromatic carbocycles. The Labute approximate surface area is 200 Å². The maximum absolute atomic E-state index is 14.1. The van der Waals surface area contributed by atoms with Gasteiger partial charge in [-0.1, -0.05) is 6.92 Å². The van der Waals surface area contributed by atoms with Gasteiger partial charge < -0.3 is 0 Å². The molecule has 25 heteroatoms. The molecule has 0 saturated heterocycles. The van der Waals surface area contributed by atoms with Crippen molar-refractivity contribution in [2.45, 2.75) is 60.3 Å². The lowest BCUT2D eigenvalue weighted by Crippen LogP contribution is -2.75. The Bertz CT molecular complexity index is 1070. The molecule has 0 bridgehead atoms. The van der Waals surface area contributed by atoms with E-state index in [0.29, 0.717) is 6.92 Å². The maximum atomic E-state index is 14.1. The summed E-state index contributed by atoms with van der Waals surface area (Å²) in [5.41, 5.74) is 0. The quantitative estimate of drug-likeness (QED) is 0.227. The summed E-state index contributed by atoms with van der Waals surface area (Å²) in [5.74, 6) is -53.7. The highest BCUT2D eigenvalue weighted by Gasteiger charge is 2.96. The molecule has 6 nitrogen and oxygen atoms in total. The molecule has 0 aliphatic rings. The van der Waals surface area contributed by atoms with Crippen molar-refractivity contribution in [1.29, 1.82) is 0 Å². The zero-order chi connectivity index (χ0) is 31.4. The zero-order valence-electron chi connectivity index (χ0n) is 17.6. The first kappa shape index (κ1) is 36.6. The molecule has 0 heterocycles. The summed E-state index contributed by atoms with van der Waals surface area (Å²) in [6.07, 6.45) is -9.21. The number of sulfonamides is 1. The second kappa shape index (κ2) is 9.92. The lowest BCUT2D eigenvalue weighted by atomic mass is 9.91. The van der Waals surface area contributed by atoms with Crippen LogP contribution in [-0.2, 0) is 20.1 Å². The van der Waals surface area contributed by atoms with Crippen LogP contribution in [0.3, 0.4) is 0 Å². The molecule has 0 saturated carbocycles. The second-order valence-corrected chi connectivity index (χ2v) is 10.6. The molecular weight excluding hydrogens is 637 g/mol. The average molecular weight is 649 g/mol. The third-order valence-corrected chi connectivity index (χ3v) is 7.35. The summed E-state index contributed by atoms with van der Waals surface area (Å²) < 4.78 is 278. The molecule has 0 amide bonds. The summed E-state index contributed by atoms with van der Waals surface area (Å²) in [6, 6.07) is 0. The summed E-state index contributed by atoms with van der Waals surface area (Å²) in [7, 11) is -12.5. The molecule has 0 aromatic heterocycles. The van der Waals surface area contributed by atoms with Gasteiger partial charge in [-0.3, -0.25) is 4.55 Å². The molecule has 0 rings (SSSR count). The number of nitrogens with zero attached hydrogens (tertiary/aromatic N) is 1. The Hall–Kier alpha value is -1.37. The summed E-state index contributed by atoms with van der Waals surface area (Å²) in [5, 5.41) is -7.72. The van der Waals surface area contributed by atoms with Gasteiger partial charge in [0.15, 0.2) is 0 Å². The maximum Gasteiger partial charge on any atom is 0.460 e. The highest BCUT2D eigenvalue weighted by Crippen LogP contribution is 2.64. The van der Waals surface area contributed by atoms with Gasteiger partial charge in [0.2, 0.25) is 0 Å². The van der Waals surface area contributed by atoms with Crippen LogP contribution in [-0.4, -0.2) is 91.5 Å². The van der Waals surface area contributed by atoms with Crippen molar-refractivity contribution in [2.24, 2.45) is 0 Å². The van der Waals surface area contributed by atoms with E-state index in [0.717, 1.165) is 0 Å². The van der Waals surface area contributed by atoms with E-state index in [-0.39, 0.29) is 0 Å². The van der Waals surface area contributed by atoms with Crippen LogP contribution in [0, 0.1) is 0 Å². The van der Waals surface area contributed by atoms with E-state index in [1.165, 1.54) is 0 Å². The third kappa shape index (κ3) is 5.34. The number of hydrogen-bond acceptors (Lipinski definition) is 4. The molecule has 1 N–H and O–H groups in total. The highest BCUT2D eigenvalue weighted by atomic mass is 32.2. The van der Waals surface area contributed by atoms with E-state index >= 15 is 0 Å². The van der Waals surface area contributed by atoms with Gasteiger partial charge >= 0.3 is 47.0 Å². The second-order valence-electron chi connectivity index (χ2n) is 7.10. The van der Waals surface area contributed by atoms with Crippen LogP contribution < -0.4 is 0 Å². The van der Waals surface area contributed by atoms with Crippen LogP contribution in [0.25, 0.3) is 0 Å². The van der Waals surface area contributed by atoms with Crippen LogP contribution in [0.1, 0.15) is 13.3 Å². The molecule has 0 unspecified atom stereocenters. The lowest BCUT2D eigenvalue weighted by Gasteiger charge is -2.43. The Morgan fingerprint density at radius 1 is 0.579 bits per heavy atom. The van der Waals surface area contributed by atoms with Gasteiger partial charge in [0.1, 0.15) is 0 Å². The van der Waals surface area contributed by atoms with Gasteiger partial charge in [-0.15, -0.1) is 0 Å². The fraction of sp³-hybridized carbons (Fsp3) is 1.00. The fourth-order valence-corrected chi connectivity index (χ4v) is 4.32. The van der Waals surface area contributed by atoms with Gasteiger partial charge in [-0.2, -0.15) is 87.4 Å². The molecule has 230 valence electrons.